The quantitative estimate of drug-likeness (QED) is 0.673. The second-order valence-electron chi connectivity index (χ2n) is 9.09. The molecule has 33 heavy (non-hydrogen) atoms. The zero-order valence-corrected chi connectivity index (χ0v) is 19.2. The molecule has 2 N–H and O–H groups in total. The summed E-state index contributed by atoms with van der Waals surface area (Å²) in [7, 11) is 3.09. The Kier molecular flexibility index (Phi) is 5.87. The Labute approximate surface area is 189 Å². The Balaban J connectivity index is 1.36. The number of amides is 1. The summed E-state index contributed by atoms with van der Waals surface area (Å²) in [5.74, 6) is 1.04. The molecule has 0 saturated heterocycles. The van der Waals surface area contributed by atoms with Gasteiger partial charge in [0.2, 0.25) is 11.9 Å². The summed E-state index contributed by atoms with van der Waals surface area (Å²) in [6.45, 7) is 5.97. The number of carbonyl (C=O) groups excluding carboxylic acids is 1. The van der Waals surface area contributed by atoms with E-state index in [1.165, 1.54) is 7.05 Å². The van der Waals surface area contributed by atoms with E-state index in [1.54, 1.807) is 0 Å². The zero-order valence-electron chi connectivity index (χ0n) is 19.2. The molecule has 4 rings (SSSR count). The summed E-state index contributed by atoms with van der Waals surface area (Å²) in [6, 6.07) is -0.227. The molecule has 3 heterocycles. The number of ether oxygens (including phenoxy) is 1. The highest BCUT2D eigenvalue weighted by Crippen LogP contribution is 2.38. The van der Waals surface area contributed by atoms with Crippen molar-refractivity contribution in [3.05, 3.63) is 17.6 Å². The van der Waals surface area contributed by atoms with Gasteiger partial charge in [0.15, 0.2) is 17.3 Å². The minimum Gasteiger partial charge on any atom is -0.489 e. The molecule has 1 saturated carbocycles. The molecular formula is C21H28F3N7O2. The number of carbonyl (C=O) groups is 1. The van der Waals surface area contributed by atoms with E-state index in [4.69, 9.17) is 4.74 Å². The van der Waals surface area contributed by atoms with Crippen molar-refractivity contribution in [3.8, 4) is 5.75 Å². The molecule has 180 valence electrons. The van der Waals surface area contributed by atoms with Gasteiger partial charge < -0.3 is 20.3 Å². The third kappa shape index (κ3) is 4.42. The van der Waals surface area contributed by atoms with Gasteiger partial charge in [-0.15, -0.1) is 0 Å². The molecule has 1 unspecified atom stereocenters. The molecule has 12 heteroatoms. The maximum Gasteiger partial charge on any atom is 0.436 e. The number of hydrogen-bond donors (Lipinski definition) is 2. The summed E-state index contributed by atoms with van der Waals surface area (Å²) in [6.07, 6.45) is -1.97. The molecule has 0 aromatic carbocycles. The summed E-state index contributed by atoms with van der Waals surface area (Å²) < 4.78 is 45.6. The van der Waals surface area contributed by atoms with Gasteiger partial charge in [0.1, 0.15) is 11.7 Å². The largest absolute Gasteiger partial charge is 0.489 e. The number of nitrogens with zero attached hydrogens (tertiary/aromatic N) is 5. The van der Waals surface area contributed by atoms with Gasteiger partial charge in [-0.1, -0.05) is 13.8 Å². The number of halogens is 3. The van der Waals surface area contributed by atoms with E-state index in [0.717, 1.165) is 23.7 Å². The second-order valence-corrected chi connectivity index (χ2v) is 9.09. The van der Waals surface area contributed by atoms with Gasteiger partial charge in [0.25, 0.3) is 0 Å². The van der Waals surface area contributed by atoms with Crippen molar-refractivity contribution in [2.45, 2.75) is 51.9 Å². The van der Waals surface area contributed by atoms with E-state index >= 15 is 0 Å². The van der Waals surface area contributed by atoms with Gasteiger partial charge in [0, 0.05) is 20.1 Å². The summed E-state index contributed by atoms with van der Waals surface area (Å²) in [5.41, 5.74) is 0.396. The number of alkyl halides is 3. The lowest BCUT2D eigenvalue weighted by atomic mass is 9.81. The van der Waals surface area contributed by atoms with Crippen LogP contribution >= 0.6 is 0 Å². The number of nitrogens with one attached hydrogen (secondary N) is 2. The van der Waals surface area contributed by atoms with Crippen LogP contribution in [-0.4, -0.2) is 51.4 Å². The fourth-order valence-electron chi connectivity index (χ4n) is 4.50. The Hall–Kier alpha value is -3.05. The first-order chi connectivity index (χ1) is 15.5. The van der Waals surface area contributed by atoms with Gasteiger partial charge in [-0.25, -0.2) is 4.98 Å². The van der Waals surface area contributed by atoms with E-state index in [-0.39, 0.29) is 42.2 Å². The normalized spacial score (nSPS) is 22.6. The summed E-state index contributed by atoms with van der Waals surface area (Å²) >= 11 is 0. The van der Waals surface area contributed by atoms with Crippen molar-refractivity contribution in [1.82, 2.24) is 19.7 Å². The molecule has 2 aromatic rings. The van der Waals surface area contributed by atoms with Crippen LogP contribution in [0.4, 0.5) is 30.6 Å². The van der Waals surface area contributed by atoms with Gasteiger partial charge in [-0.05, 0) is 31.6 Å². The fraction of sp³-hybridized carbons (Fsp3) is 0.619. The van der Waals surface area contributed by atoms with Crippen molar-refractivity contribution >= 4 is 23.4 Å². The van der Waals surface area contributed by atoms with Crippen molar-refractivity contribution in [2.24, 2.45) is 18.9 Å². The highest BCUT2D eigenvalue weighted by atomic mass is 19.4. The smallest absolute Gasteiger partial charge is 0.436 e. The first-order valence-electron chi connectivity index (χ1n) is 10.9. The standard InChI is InChI=1S/C21H28F3N7O2/c1-10(2)16-19(32)28-15-11(3)26-20(29-18(15)30(16)4)27-13-6-12(7-13)9-33-14-8-25-31(5)17(14)21(22,23)24/h8,10,12-13,16H,6-7,9H2,1-5H3,(H,28,32)(H,26,27,29). The van der Waals surface area contributed by atoms with Crippen molar-refractivity contribution in [1.29, 1.82) is 0 Å². The lowest BCUT2D eigenvalue weighted by molar-refractivity contribution is -0.145. The lowest BCUT2D eigenvalue weighted by Crippen LogP contribution is -2.50. The van der Waals surface area contributed by atoms with Crippen LogP contribution < -0.4 is 20.3 Å². The van der Waals surface area contributed by atoms with Crippen molar-refractivity contribution in [3.63, 3.8) is 0 Å². The Morgan fingerprint density at radius 3 is 2.61 bits per heavy atom. The third-order valence-corrected chi connectivity index (χ3v) is 6.19. The lowest BCUT2D eigenvalue weighted by Gasteiger charge is -2.38. The van der Waals surface area contributed by atoms with Crippen molar-refractivity contribution in [2.75, 3.05) is 29.2 Å². The molecular weight excluding hydrogens is 439 g/mol. The number of likely N-dealkylation sites (N-methyl/N-ethyl adjacent to an activating group) is 1. The molecule has 9 nitrogen and oxygen atoms in total. The number of rotatable bonds is 6. The van der Waals surface area contributed by atoms with Crippen LogP contribution in [0.15, 0.2) is 6.20 Å². The number of anilines is 3. The van der Waals surface area contributed by atoms with E-state index < -0.39 is 11.9 Å². The Morgan fingerprint density at radius 2 is 1.97 bits per heavy atom. The average Bonchev–Trinajstić information content (AvgIpc) is 3.05. The van der Waals surface area contributed by atoms with Crippen LogP contribution in [-0.2, 0) is 18.0 Å². The Bertz CT molecular complexity index is 1050. The van der Waals surface area contributed by atoms with Crippen LogP contribution in [0.25, 0.3) is 0 Å². The predicted molar refractivity (Wildman–Crippen MR) is 116 cm³/mol. The van der Waals surface area contributed by atoms with E-state index in [9.17, 15) is 18.0 Å². The van der Waals surface area contributed by atoms with Crippen LogP contribution in [0.5, 0.6) is 5.75 Å². The minimum absolute atomic E-state index is 0.0726. The maximum absolute atomic E-state index is 13.1. The number of aromatic nitrogens is 4. The molecule has 0 radical (unpaired) electrons. The third-order valence-electron chi connectivity index (χ3n) is 6.19. The highest BCUT2D eigenvalue weighted by Gasteiger charge is 2.40. The maximum atomic E-state index is 13.1. The van der Waals surface area contributed by atoms with Gasteiger partial charge in [-0.3, -0.25) is 9.48 Å². The fourth-order valence-corrected chi connectivity index (χ4v) is 4.50. The predicted octanol–water partition coefficient (Wildman–Crippen LogP) is 3.22. The number of hydrogen-bond acceptors (Lipinski definition) is 7. The van der Waals surface area contributed by atoms with Gasteiger partial charge >= 0.3 is 6.18 Å². The molecule has 2 aliphatic rings. The highest BCUT2D eigenvalue weighted by molar-refractivity contribution is 6.03. The van der Waals surface area contributed by atoms with Crippen molar-refractivity contribution < 1.29 is 22.7 Å². The zero-order chi connectivity index (χ0) is 24.1. The van der Waals surface area contributed by atoms with E-state index in [1.807, 2.05) is 32.7 Å². The van der Waals surface area contributed by atoms with Crippen LogP contribution in [0.3, 0.4) is 0 Å². The second kappa shape index (κ2) is 8.38. The minimum atomic E-state index is -4.52. The summed E-state index contributed by atoms with van der Waals surface area (Å²) in [4.78, 5) is 23.4. The monoisotopic (exact) mass is 467 g/mol. The molecule has 1 fully saturated rings. The van der Waals surface area contributed by atoms with Gasteiger partial charge in [-0.2, -0.15) is 23.3 Å². The summed E-state index contributed by atoms with van der Waals surface area (Å²) in [5, 5.41) is 9.88. The van der Waals surface area contributed by atoms with Crippen LogP contribution in [0.2, 0.25) is 0 Å². The molecule has 0 bridgehead atoms. The average molecular weight is 467 g/mol. The molecule has 1 atom stereocenters. The molecule has 0 spiro atoms. The topological polar surface area (TPSA) is 97.2 Å². The first-order valence-corrected chi connectivity index (χ1v) is 10.9. The molecule has 1 aliphatic carbocycles. The van der Waals surface area contributed by atoms with E-state index in [2.05, 4.69) is 25.7 Å². The number of aryl methyl sites for hydroxylation is 2. The first kappa shape index (κ1) is 23.1. The SMILES string of the molecule is Cc1nc(NC2CC(COc3cnn(C)c3C(F)(F)F)C2)nc2c1NC(=O)C(C(C)C)N2C. The molecule has 1 amide bonds. The molecule has 1 aliphatic heterocycles. The van der Waals surface area contributed by atoms with E-state index in [0.29, 0.717) is 23.1 Å². The molecule has 2 aromatic heterocycles. The Morgan fingerprint density at radius 1 is 1.27 bits per heavy atom. The van der Waals surface area contributed by atoms with Gasteiger partial charge in [0.05, 0.1) is 18.5 Å². The number of fused-ring (bicyclic) bond motifs is 1. The van der Waals surface area contributed by atoms with Crippen LogP contribution in [0, 0.1) is 18.8 Å². The van der Waals surface area contributed by atoms with Crippen LogP contribution in [0.1, 0.15) is 38.1 Å².